The second-order valence-corrected chi connectivity index (χ2v) is 6.50. The molecule has 19 heavy (non-hydrogen) atoms. The van der Waals surface area contributed by atoms with E-state index >= 15 is 0 Å². The molecule has 1 aromatic rings. The number of piperidine rings is 1. The molecule has 1 atom stereocenters. The first-order valence-electron chi connectivity index (χ1n) is 7.18. The zero-order valence-electron chi connectivity index (χ0n) is 11.1. The third kappa shape index (κ3) is 2.95. The molecule has 0 amide bonds. The van der Waals surface area contributed by atoms with Crippen molar-refractivity contribution in [3.8, 4) is 0 Å². The molecule has 4 heteroatoms. The van der Waals surface area contributed by atoms with Crippen molar-refractivity contribution < 1.29 is 4.39 Å². The molecule has 2 fully saturated rings. The highest BCUT2D eigenvalue weighted by atomic mass is 79.9. The largest absolute Gasteiger partial charge is 0.368 e. The monoisotopic (exact) mass is 326 g/mol. The van der Waals surface area contributed by atoms with E-state index in [-0.39, 0.29) is 5.82 Å². The highest BCUT2D eigenvalue weighted by Gasteiger charge is 2.28. The van der Waals surface area contributed by atoms with Crippen LogP contribution in [-0.2, 0) is 0 Å². The van der Waals surface area contributed by atoms with Gasteiger partial charge in [0.2, 0.25) is 0 Å². The maximum absolute atomic E-state index is 14.0. The Morgan fingerprint density at radius 2 is 1.95 bits per heavy atom. The summed E-state index contributed by atoms with van der Waals surface area (Å²) in [6, 6.07) is 5.84. The van der Waals surface area contributed by atoms with Crippen molar-refractivity contribution in [2.75, 3.05) is 31.1 Å². The van der Waals surface area contributed by atoms with E-state index in [0.29, 0.717) is 6.04 Å². The number of fused-ring (bicyclic) bond motifs is 1. The van der Waals surface area contributed by atoms with Gasteiger partial charge in [-0.3, -0.25) is 4.90 Å². The summed E-state index contributed by atoms with van der Waals surface area (Å²) in [5, 5.41) is 0. The van der Waals surface area contributed by atoms with Crippen LogP contribution in [0, 0.1) is 5.82 Å². The number of rotatable bonds is 1. The first kappa shape index (κ1) is 13.4. The molecule has 3 rings (SSSR count). The van der Waals surface area contributed by atoms with Gasteiger partial charge in [-0.25, -0.2) is 4.39 Å². The zero-order chi connectivity index (χ0) is 13.2. The van der Waals surface area contributed by atoms with Crippen LogP contribution in [0.5, 0.6) is 0 Å². The molecule has 2 heterocycles. The standard InChI is InChI=1S/C15H20BrFN2/c16-12-5-6-14(17)15(10-12)19-9-3-8-18-7-2-1-4-13(18)11-19/h5-6,10,13H,1-4,7-9,11H2. The molecule has 0 aliphatic carbocycles. The van der Waals surface area contributed by atoms with Gasteiger partial charge in [0.25, 0.3) is 0 Å². The molecular formula is C15H20BrFN2. The predicted molar refractivity (Wildman–Crippen MR) is 80.1 cm³/mol. The summed E-state index contributed by atoms with van der Waals surface area (Å²) in [6.45, 7) is 4.31. The van der Waals surface area contributed by atoms with E-state index in [1.807, 2.05) is 6.07 Å². The molecule has 0 N–H and O–H groups in total. The quantitative estimate of drug-likeness (QED) is 0.777. The average Bonchev–Trinajstić information content (AvgIpc) is 2.63. The second kappa shape index (κ2) is 5.80. The van der Waals surface area contributed by atoms with E-state index in [1.165, 1.54) is 25.8 Å². The van der Waals surface area contributed by atoms with E-state index in [4.69, 9.17) is 0 Å². The smallest absolute Gasteiger partial charge is 0.146 e. The first-order valence-corrected chi connectivity index (χ1v) is 7.97. The predicted octanol–water partition coefficient (Wildman–Crippen LogP) is 3.65. The van der Waals surface area contributed by atoms with E-state index in [2.05, 4.69) is 25.7 Å². The Morgan fingerprint density at radius 3 is 2.84 bits per heavy atom. The van der Waals surface area contributed by atoms with Crippen molar-refractivity contribution in [2.24, 2.45) is 0 Å². The topological polar surface area (TPSA) is 6.48 Å². The van der Waals surface area contributed by atoms with E-state index < -0.39 is 0 Å². The lowest BCUT2D eigenvalue weighted by molar-refractivity contribution is 0.162. The van der Waals surface area contributed by atoms with Gasteiger partial charge in [0, 0.05) is 30.1 Å². The van der Waals surface area contributed by atoms with Gasteiger partial charge in [0.1, 0.15) is 5.82 Å². The van der Waals surface area contributed by atoms with Crippen LogP contribution in [0.2, 0.25) is 0 Å². The van der Waals surface area contributed by atoms with Crippen LogP contribution >= 0.6 is 15.9 Å². The number of nitrogens with zero attached hydrogens (tertiary/aromatic N) is 2. The van der Waals surface area contributed by atoms with Crippen LogP contribution in [-0.4, -0.2) is 37.1 Å². The fraction of sp³-hybridized carbons (Fsp3) is 0.600. The van der Waals surface area contributed by atoms with Crippen molar-refractivity contribution in [1.29, 1.82) is 0 Å². The lowest BCUT2D eigenvalue weighted by Crippen LogP contribution is -2.44. The summed E-state index contributed by atoms with van der Waals surface area (Å²) in [4.78, 5) is 4.83. The number of hydrogen-bond acceptors (Lipinski definition) is 2. The lowest BCUT2D eigenvalue weighted by Gasteiger charge is -2.36. The Balaban J connectivity index is 1.82. The van der Waals surface area contributed by atoms with Crippen LogP contribution in [0.25, 0.3) is 0 Å². The van der Waals surface area contributed by atoms with E-state index in [9.17, 15) is 4.39 Å². The average molecular weight is 327 g/mol. The molecule has 2 saturated heterocycles. The van der Waals surface area contributed by atoms with Gasteiger partial charge in [0.05, 0.1) is 5.69 Å². The molecule has 2 aliphatic rings. The minimum absolute atomic E-state index is 0.104. The van der Waals surface area contributed by atoms with Gasteiger partial charge in [-0.05, 0) is 44.0 Å². The maximum Gasteiger partial charge on any atom is 0.146 e. The number of anilines is 1. The molecule has 104 valence electrons. The fourth-order valence-corrected chi connectivity index (χ4v) is 3.67. The minimum atomic E-state index is -0.104. The summed E-state index contributed by atoms with van der Waals surface area (Å²) in [7, 11) is 0. The zero-order valence-corrected chi connectivity index (χ0v) is 12.7. The number of benzene rings is 1. The molecule has 2 aliphatic heterocycles. The molecule has 2 nitrogen and oxygen atoms in total. The van der Waals surface area contributed by atoms with Crippen molar-refractivity contribution in [1.82, 2.24) is 4.90 Å². The lowest BCUT2D eigenvalue weighted by atomic mass is 10.0. The van der Waals surface area contributed by atoms with Gasteiger partial charge in [-0.1, -0.05) is 22.4 Å². The third-order valence-corrected chi connectivity index (χ3v) is 4.80. The van der Waals surface area contributed by atoms with Gasteiger partial charge in [-0.15, -0.1) is 0 Å². The van der Waals surface area contributed by atoms with Gasteiger partial charge < -0.3 is 4.90 Å². The fourth-order valence-electron chi connectivity index (χ4n) is 3.32. The summed E-state index contributed by atoms with van der Waals surface area (Å²) < 4.78 is 15.0. The third-order valence-electron chi connectivity index (χ3n) is 4.30. The second-order valence-electron chi connectivity index (χ2n) is 5.58. The van der Waals surface area contributed by atoms with Gasteiger partial charge >= 0.3 is 0 Å². The Labute approximate surface area is 122 Å². The molecule has 0 saturated carbocycles. The highest BCUT2D eigenvalue weighted by Crippen LogP contribution is 2.28. The summed E-state index contributed by atoms with van der Waals surface area (Å²) in [6.07, 6.45) is 5.02. The Morgan fingerprint density at radius 1 is 1.11 bits per heavy atom. The van der Waals surface area contributed by atoms with Crippen LogP contribution in [0.4, 0.5) is 10.1 Å². The van der Waals surface area contributed by atoms with Crippen LogP contribution in [0.3, 0.4) is 0 Å². The SMILES string of the molecule is Fc1ccc(Br)cc1N1CCCN2CCCCC2C1. The van der Waals surface area contributed by atoms with Crippen molar-refractivity contribution in [2.45, 2.75) is 31.7 Å². The van der Waals surface area contributed by atoms with Gasteiger partial charge in [0.15, 0.2) is 0 Å². The minimum Gasteiger partial charge on any atom is -0.368 e. The summed E-state index contributed by atoms with van der Waals surface area (Å²) in [5.74, 6) is -0.104. The van der Waals surface area contributed by atoms with Crippen molar-refractivity contribution in [3.05, 3.63) is 28.5 Å². The normalized spacial score (nSPS) is 24.9. The molecule has 1 unspecified atom stereocenters. The highest BCUT2D eigenvalue weighted by molar-refractivity contribution is 9.10. The molecular weight excluding hydrogens is 307 g/mol. The summed E-state index contributed by atoms with van der Waals surface area (Å²) >= 11 is 3.45. The van der Waals surface area contributed by atoms with Gasteiger partial charge in [-0.2, -0.15) is 0 Å². The molecule has 0 spiro atoms. The number of hydrogen-bond donors (Lipinski definition) is 0. The van der Waals surface area contributed by atoms with Crippen LogP contribution < -0.4 is 4.90 Å². The Hall–Kier alpha value is -0.610. The van der Waals surface area contributed by atoms with E-state index in [1.54, 1.807) is 12.1 Å². The molecule has 0 aromatic heterocycles. The summed E-state index contributed by atoms with van der Waals surface area (Å²) in [5.41, 5.74) is 0.752. The first-order chi connectivity index (χ1) is 9.24. The van der Waals surface area contributed by atoms with Crippen molar-refractivity contribution in [3.63, 3.8) is 0 Å². The van der Waals surface area contributed by atoms with E-state index in [0.717, 1.165) is 36.2 Å². The van der Waals surface area contributed by atoms with Crippen LogP contribution in [0.15, 0.2) is 22.7 Å². The Kier molecular flexibility index (Phi) is 4.08. The molecule has 0 bridgehead atoms. The number of halogens is 2. The van der Waals surface area contributed by atoms with Crippen LogP contribution in [0.1, 0.15) is 25.7 Å². The Bertz CT molecular complexity index is 452. The van der Waals surface area contributed by atoms with Crippen molar-refractivity contribution >= 4 is 21.6 Å². The maximum atomic E-state index is 14.0. The molecule has 0 radical (unpaired) electrons. The molecule has 1 aromatic carbocycles.